The summed E-state index contributed by atoms with van der Waals surface area (Å²) < 4.78 is 10.8. The van der Waals surface area contributed by atoms with Gasteiger partial charge in [0, 0.05) is 18.8 Å². The molecule has 1 aliphatic rings. The first-order valence-electron chi connectivity index (χ1n) is 10.5. The van der Waals surface area contributed by atoms with Gasteiger partial charge in [0.15, 0.2) is 24.6 Å². The second-order valence-corrected chi connectivity index (χ2v) is 8.17. The van der Waals surface area contributed by atoms with Crippen molar-refractivity contribution in [2.45, 2.75) is 26.8 Å². The fourth-order valence-corrected chi connectivity index (χ4v) is 4.00. The molecule has 1 aliphatic heterocycles. The highest BCUT2D eigenvalue weighted by Crippen LogP contribution is 2.33. The lowest BCUT2D eigenvalue weighted by Crippen LogP contribution is -3.11. The number of amides is 2. The minimum absolute atomic E-state index is 0.0396. The number of likely N-dealkylation sites (N-methyl/N-ethyl adjacent to an activating group) is 1. The molecule has 0 spiro atoms. The van der Waals surface area contributed by atoms with Gasteiger partial charge in [0.05, 0.1) is 21.3 Å². The van der Waals surface area contributed by atoms with Crippen molar-refractivity contribution in [3.63, 3.8) is 0 Å². The van der Waals surface area contributed by atoms with Gasteiger partial charge in [-0.3, -0.25) is 9.59 Å². The van der Waals surface area contributed by atoms with Gasteiger partial charge in [0.1, 0.15) is 0 Å². The molecule has 1 atom stereocenters. The van der Waals surface area contributed by atoms with Gasteiger partial charge < -0.3 is 24.6 Å². The zero-order valence-corrected chi connectivity index (χ0v) is 19.0. The second-order valence-electron chi connectivity index (χ2n) is 8.17. The van der Waals surface area contributed by atoms with Crippen molar-refractivity contribution in [3.05, 3.63) is 52.6 Å². The summed E-state index contributed by atoms with van der Waals surface area (Å²) >= 11 is 0. The van der Waals surface area contributed by atoms with Gasteiger partial charge in [-0.05, 0) is 54.7 Å². The van der Waals surface area contributed by atoms with Gasteiger partial charge >= 0.3 is 0 Å². The standard InChI is InChI=1S/C24H31N3O4/c1-16-7-6-8-17(2)24(16)25-22(28)14-26(3)15-23(29)27-10-9-18-11-20(30-4)21(31-5)12-19(18)13-27/h6-8,11-12H,9-10,13-15H2,1-5H3,(H,25,28)/p+1. The van der Waals surface area contributed by atoms with Crippen LogP contribution in [0.5, 0.6) is 11.5 Å². The van der Waals surface area contributed by atoms with E-state index in [4.69, 9.17) is 9.47 Å². The van der Waals surface area contributed by atoms with Crippen LogP contribution in [-0.2, 0) is 22.6 Å². The molecule has 2 aromatic rings. The van der Waals surface area contributed by atoms with Crippen LogP contribution >= 0.6 is 0 Å². The molecule has 7 heteroatoms. The summed E-state index contributed by atoms with van der Waals surface area (Å²) in [4.78, 5) is 28.1. The van der Waals surface area contributed by atoms with Gasteiger partial charge in [-0.15, -0.1) is 0 Å². The number of carbonyl (C=O) groups excluding carboxylic acids is 2. The molecule has 3 rings (SSSR count). The van der Waals surface area contributed by atoms with E-state index in [2.05, 4.69) is 5.32 Å². The molecular weight excluding hydrogens is 394 g/mol. The van der Waals surface area contributed by atoms with Gasteiger partial charge in [-0.25, -0.2) is 0 Å². The van der Waals surface area contributed by atoms with E-state index in [1.54, 1.807) is 14.2 Å². The number of nitrogens with zero attached hydrogens (tertiary/aromatic N) is 1. The number of fused-ring (bicyclic) bond motifs is 1. The van der Waals surface area contributed by atoms with Crippen LogP contribution in [0, 0.1) is 13.8 Å². The highest BCUT2D eigenvalue weighted by atomic mass is 16.5. The zero-order valence-electron chi connectivity index (χ0n) is 19.0. The van der Waals surface area contributed by atoms with Crippen molar-refractivity contribution in [2.75, 3.05) is 46.2 Å². The van der Waals surface area contributed by atoms with Gasteiger partial charge in [-0.1, -0.05) is 18.2 Å². The Labute approximate surface area is 183 Å². The van der Waals surface area contributed by atoms with E-state index in [1.165, 1.54) is 5.56 Å². The van der Waals surface area contributed by atoms with E-state index >= 15 is 0 Å². The Hall–Kier alpha value is -3.06. The maximum atomic E-state index is 12.9. The molecular formula is C24H32N3O4+. The van der Waals surface area contributed by atoms with Gasteiger partial charge in [-0.2, -0.15) is 0 Å². The number of methoxy groups -OCH3 is 2. The summed E-state index contributed by atoms with van der Waals surface area (Å²) in [6.07, 6.45) is 0.771. The fraction of sp³-hybridized carbons (Fsp3) is 0.417. The molecule has 7 nitrogen and oxygen atoms in total. The molecule has 2 amide bonds. The molecule has 0 bridgehead atoms. The maximum absolute atomic E-state index is 12.9. The number of hydrogen-bond donors (Lipinski definition) is 2. The third-order valence-electron chi connectivity index (χ3n) is 5.73. The third kappa shape index (κ3) is 5.35. The Morgan fingerprint density at radius 1 is 1.03 bits per heavy atom. The highest BCUT2D eigenvalue weighted by Gasteiger charge is 2.25. The van der Waals surface area contributed by atoms with Crippen molar-refractivity contribution < 1.29 is 24.0 Å². The minimum Gasteiger partial charge on any atom is -0.493 e. The van der Waals surface area contributed by atoms with Crippen molar-refractivity contribution >= 4 is 17.5 Å². The Morgan fingerprint density at radius 3 is 2.26 bits per heavy atom. The summed E-state index contributed by atoms with van der Waals surface area (Å²) in [6.45, 7) is 5.64. The molecule has 166 valence electrons. The average molecular weight is 427 g/mol. The quantitative estimate of drug-likeness (QED) is 0.701. The van der Waals surface area contributed by atoms with Crippen LogP contribution in [0.4, 0.5) is 5.69 Å². The van der Waals surface area contributed by atoms with E-state index < -0.39 is 0 Å². The van der Waals surface area contributed by atoms with Crippen LogP contribution in [0.3, 0.4) is 0 Å². The molecule has 0 fully saturated rings. The predicted molar refractivity (Wildman–Crippen MR) is 120 cm³/mol. The van der Waals surface area contributed by atoms with E-state index in [0.717, 1.165) is 33.7 Å². The normalized spacial score (nSPS) is 13.9. The number of quaternary nitrogens is 1. The summed E-state index contributed by atoms with van der Waals surface area (Å²) in [5, 5.41) is 2.99. The number of anilines is 1. The molecule has 0 aliphatic carbocycles. The van der Waals surface area contributed by atoms with Crippen molar-refractivity contribution in [2.24, 2.45) is 0 Å². The van der Waals surface area contributed by atoms with Crippen LogP contribution in [0.25, 0.3) is 0 Å². The third-order valence-corrected chi connectivity index (χ3v) is 5.73. The van der Waals surface area contributed by atoms with Crippen LogP contribution in [0.15, 0.2) is 30.3 Å². The number of aryl methyl sites for hydroxylation is 2. The van der Waals surface area contributed by atoms with E-state index in [1.807, 2.05) is 56.1 Å². The molecule has 0 aromatic heterocycles. The molecule has 2 aromatic carbocycles. The number of benzene rings is 2. The topological polar surface area (TPSA) is 72.3 Å². The molecule has 0 saturated heterocycles. The monoisotopic (exact) mass is 426 g/mol. The van der Waals surface area contributed by atoms with Crippen molar-refractivity contribution in [1.82, 2.24) is 4.90 Å². The summed E-state index contributed by atoms with van der Waals surface area (Å²) in [7, 11) is 5.10. The molecule has 1 unspecified atom stereocenters. The Bertz CT molecular complexity index is 953. The Morgan fingerprint density at radius 2 is 1.65 bits per heavy atom. The number of hydrogen-bond acceptors (Lipinski definition) is 4. The van der Waals surface area contributed by atoms with Gasteiger partial charge in [0.25, 0.3) is 11.8 Å². The minimum atomic E-state index is -0.0940. The lowest BCUT2D eigenvalue weighted by Gasteiger charge is -2.30. The van der Waals surface area contributed by atoms with Gasteiger partial charge in [0.2, 0.25) is 0 Å². The summed E-state index contributed by atoms with van der Waals surface area (Å²) in [6, 6.07) is 9.86. The first-order chi connectivity index (χ1) is 14.8. The van der Waals surface area contributed by atoms with Crippen LogP contribution in [-0.4, -0.2) is 57.6 Å². The lowest BCUT2D eigenvalue weighted by atomic mass is 9.98. The Balaban J connectivity index is 1.57. The fourth-order valence-electron chi connectivity index (χ4n) is 4.00. The number of ether oxygens (including phenoxy) is 2. The van der Waals surface area contributed by atoms with Crippen molar-refractivity contribution in [3.8, 4) is 11.5 Å². The largest absolute Gasteiger partial charge is 0.493 e. The Kier molecular flexibility index (Phi) is 7.17. The molecule has 31 heavy (non-hydrogen) atoms. The average Bonchev–Trinajstić information content (AvgIpc) is 2.74. The number of carbonyl (C=O) groups is 2. The first kappa shape index (κ1) is 22.6. The molecule has 1 heterocycles. The lowest BCUT2D eigenvalue weighted by molar-refractivity contribution is -0.862. The van der Waals surface area contributed by atoms with Crippen LogP contribution in [0.2, 0.25) is 0 Å². The molecule has 0 radical (unpaired) electrons. The first-order valence-corrected chi connectivity index (χ1v) is 10.5. The van der Waals surface area contributed by atoms with Crippen molar-refractivity contribution in [1.29, 1.82) is 0 Å². The number of nitrogens with one attached hydrogen (secondary N) is 2. The van der Waals surface area contributed by atoms with Crippen LogP contribution < -0.4 is 19.7 Å². The smallest absolute Gasteiger partial charge is 0.279 e. The molecule has 0 saturated carbocycles. The second kappa shape index (κ2) is 9.83. The number of para-hydroxylation sites is 1. The van der Waals surface area contributed by atoms with E-state index in [0.29, 0.717) is 24.6 Å². The van der Waals surface area contributed by atoms with Crippen LogP contribution in [0.1, 0.15) is 22.3 Å². The SMILES string of the molecule is COc1cc2c(cc1OC)CN(C(=O)C[NH+](C)CC(=O)Nc1c(C)cccc1C)CC2. The van der Waals surface area contributed by atoms with E-state index in [-0.39, 0.29) is 24.9 Å². The maximum Gasteiger partial charge on any atom is 0.279 e. The summed E-state index contributed by atoms with van der Waals surface area (Å²) in [5.41, 5.74) is 5.16. The van der Waals surface area contributed by atoms with E-state index in [9.17, 15) is 9.59 Å². The predicted octanol–water partition coefficient (Wildman–Crippen LogP) is 1.36. The number of rotatable bonds is 7. The molecule has 2 N–H and O–H groups in total. The zero-order chi connectivity index (χ0) is 22.5. The summed E-state index contributed by atoms with van der Waals surface area (Å²) in [5.74, 6) is 1.32. The highest BCUT2D eigenvalue weighted by molar-refractivity contribution is 5.93.